The van der Waals surface area contributed by atoms with E-state index >= 15 is 0 Å². The predicted molar refractivity (Wildman–Crippen MR) is 126 cm³/mol. The number of carbonyl (C=O) groups excluding carboxylic acids is 1. The first-order chi connectivity index (χ1) is 15.8. The summed E-state index contributed by atoms with van der Waals surface area (Å²) in [4.78, 5) is 35.5. The number of hydrogen-bond donors (Lipinski definition) is 3. The van der Waals surface area contributed by atoms with Crippen LogP contribution in [0.4, 0.5) is 5.69 Å². The highest BCUT2D eigenvalue weighted by Crippen LogP contribution is 2.33. The molecule has 0 saturated heterocycles. The van der Waals surface area contributed by atoms with Crippen molar-refractivity contribution in [2.24, 2.45) is 0 Å². The molecule has 0 amide bonds. The number of aromatic carboxylic acids is 2. The third-order valence-electron chi connectivity index (χ3n) is 5.34. The summed E-state index contributed by atoms with van der Waals surface area (Å²) in [6, 6.07) is 24.7. The second-order valence-corrected chi connectivity index (χ2v) is 7.48. The van der Waals surface area contributed by atoms with Gasteiger partial charge in [0.1, 0.15) is 0 Å². The van der Waals surface area contributed by atoms with E-state index in [1.807, 2.05) is 0 Å². The van der Waals surface area contributed by atoms with Gasteiger partial charge in [-0.15, -0.1) is 0 Å². The molecular weight excluding hydrogens is 418 g/mol. The van der Waals surface area contributed by atoms with E-state index in [0.717, 1.165) is 16.7 Å². The van der Waals surface area contributed by atoms with Crippen LogP contribution in [0.15, 0.2) is 91.0 Å². The van der Waals surface area contributed by atoms with Gasteiger partial charge in [0.25, 0.3) is 0 Å². The minimum absolute atomic E-state index is 0.123. The second kappa shape index (κ2) is 8.80. The van der Waals surface area contributed by atoms with Crippen molar-refractivity contribution in [1.82, 2.24) is 0 Å². The number of anilines is 1. The topological polar surface area (TPSA) is 118 Å². The van der Waals surface area contributed by atoms with E-state index < -0.39 is 11.9 Å². The van der Waals surface area contributed by atoms with Gasteiger partial charge < -0.3 is 15.9 Å². The minimum atomic E-state index is -1.06. The number of carboxylic acids is 2. The lowest BCUT2D eigenvalue weighted by Gasteiger charge is -2.13. The molecule has 0 saturated carbocycles. The summed E-state index contributed by atoms with van der Waals surface area (Å²) < 4.78 is 0. The maximum Gasteiger partial charge on any atom is 0.335 e. The summed E-state index contributed by atoms with van der Waals surface area (Å²) in [5.74, 6) is -2.23. The van der Waals surface area contributed by atoms with Crippen LogP contribution in [0.25, 0.3) is 22.3 Å². The van der Waals surface area contributed by atoms with E-state index in [1.165, 1.54) is 18.2 Å². The van der Waals surface area contributed by atoms with Crippen LogP contribution in [0.1, 0.15) is 36.6 Å². The van der Waals surface area contributed by atoms with Crippen molar-refractivity contribution >= 4 is 23.4 Å². The van der Waals surface area contributed by atoms with Crippen molar-refractivity contribution in [2.45, 2.75) is 0 Å². The quantitative estimate of drug-likeness (QED) is 0.281. The molecule has 0 spiro atoms. The third kappa shape index (κ3) is 4.50. The first-order valence-electron chi connectivity index (χ1n) is 10.1. The fourth-order valence-corrected chi connectivity index (χ4v) is 3.56. The number of nitrogens with two attached hydrogens (primary N) is 1. The van der Waals surface area contributed by atoms with Crippen LogP contribution in [0.3, 0.4) is 0 Å². The number of nitrogen functional groups attached to an aromatic ring is 1. The van der Waals surface area contributed by atoms with Gasteiger partial charge in [-0.25, -0.2) is 9.59 Å². The summed E-state index contributed by atoms with van der Waals surface area (Å²) in [5.41, 5.74) is 10.4. The Labute approximate surface area is 189 Å². The summed E-state index contributed by atoms with van der Waals surface area (Å²) in [6.07, 6.45) is 0. The molecule has 0 unspecified atom stereocenters. The molecule has 0 heterocycles. The molecular formula is C27H19NO5. The van der Waals surface area contributed by atoms with Crippen LogP contribution in [0, 0.1) is 0 Å². The maximum atomic E-state index is 12.8. The zero-order valence-electron chi connectivity index (χ0n) is 17.4. The van der Waals surface area contributed by atoms with Crippen LogP contribution in [-0.2, 0) is 0 Å². The average molecular weight is 437 g/mol. The largest absolute Gasteiger partial charge is 0.478 e. The van der Waals surface area contributed by atoms with Gasteiger partial charge in [-0.1, -0.05) is 42.5 Å². The molecule has 0 aliphatic carbocycles. The van der Waals surface area contributed by atoms with E-state index in [9.17, 15) is 19.5 Å². The first kappa shape index (κ1) is 21.5. The van der Waals surface area contributed by atoms with Crippen LogP contribution < -0.4 is 5.73 Å². The molecule has 0 aliphatic heterocycles. The van der Waals surface area contributed by atoms with Crippen LogP contribution in [-0.4, -0.2) is 27.9 Å². The molecule has 0 radical (unpaired) electrons. The Bertz CT molecular complexity index is 1360. The summed E-state index contributed by atoms with van der Waals surface area (Å²) in [7, 11) is 0. The first-order valence-corrected chi connectivity index (χ1v) is 10.1. The molecule has 33 heavy (non-hydrogen) atoms. The van der Waals surface area contributed by atoms with Gasteiger partial charge in [-0.2, -0.15) is 0 Å². The molecule has 4 aromatic rings. The van der Waals surface area contributed by atoms with Crippen LogP contribution in [0.2, 0.25) is 0 Å². The lowest BCUT2D eigenvalue weighted by atomic mass is 9.91. The van der Waals surface area contributed by atoms with Crippen LogP contribution >= 0.6 is 0 Å². The lowest BCUT2D eigenvalue weighted by molar-refractivity contribution is 0.0686. The Morgan fingerprint density at radius 1 is 0.515 bits per heavy atom. The Hall–Kier alpha value is -4.71. The standard InChI is InChI=1S/C27H19NO5/c28-22-12-9-19(10-13-22)25(29)18-5-1-17(2-6-18)24-15-21(27(32)33)11-14-23(24)16-3-7-20(8-4-16)26(30)31/h1-15H,28H2,(H,30,31)(H,32,33). The van der Waals surface area contributed by atoms with E-state index in [4.69, 9.17) is 10.8 Å². The average Bonchev–Trinajstić information content (AvgIpc) is 2.84. The number of carboxylic acid groups (broad SMARTS) is 2. The number of carbonyl (C=O) groups is 3. The van der Waals surface area contributed by atoms with E-state index in [2.05, 4.69) is 0 Å². The normalized spacial score (nSPS) is 10.5. The monoisotopic (exact) mass is 437 g/mol. The van der Waals surface area contributed by atoms with Gasteiger partial charge in [0.2, 0.25) is 0 Å². The zero-order chi connectivity index (χ0) is 23.5. The third-order valence-corrected chi connectivity index (χ3v) is 5.34. The van der Waals surface area contributed by atoms with Crippen molar-refractivity contribution in [3.63, 3.8) is 0 Å². The molecule has 0 aromatic heterocycles. The number of ketones is 1. The van der Waals surface area contributed by atoms with Crippen molar-refractivity contribution in [3.05, 3.63) is 113 Å². The molecule has 0 atom stereocenters. The van der Waals surface area contributed by atoms with Crippen molar-refractivity contribution in [2.75, 3.05) is 5.73 Å². The fraction of sp³-hybridized carbons (Fsp3) is 0. The summed E-state index contributed by atoms with van der Waals surface area (Å²) in [5, 5.41) is 18.6. The van der Waals surface area contributed by atoms with E-state index in [-0.39, 0.29) is 16.9 Å². The smallest absolute Gasteiger partial charge is 0.335 e. The summed E-state index contributed by atoms with van der Waals surface area (Å²) >= 11 is 0. The second-order valence-electron chi connectivity index (χ2n) is 7.48. The molecule has 4 rings (SSSR count). The molecule has 0 bridgehead atoms. The lowest BCUT2D eigenvalue weighted by Crippen LogP contribution is -2.02. The molecule has 4 aromatic carbocycles. The van der Waals surface area contributed by atoms with Crippen molar-refractivity contribution < 1.29 is 24.6 Å². The van der Waals surface area contributed by atoms with Gasteiger partial charge in [0.15, 0.2) is 5.78 Å². The SMILES string of the molecule is Nc1ccc(C(=O)c2ccc(-c3cc(C(=O)O)ccc3-c3ccc(C(=O)O)cc3)cc2)cc1. The molecule has 0 aliphatic rings. The van der Waals surface area contributed by atoms with Crippen LogP contribution in [0.5, 0.6) is 0 Å². The predicted octanol–water partition coefficient (Wildman–Crippen LogP) is 5.23. The Morgan fingerprint density at radius 2 is 0.939 bits per heavy atom. The Morgan fingerprint density at radius 3 is 1.45 bits per heavy atom. The van der Waals surface area contributed by atoms with Gasteiger partial charge >= 0.3 is 11.9 Å². The maximum absolute atomic E-state index is 12.8. The van der Waals surface area contributed by atoms with E-state index in [0.29, 0.717) is 22.4 Å². The fourth-order valence-electron chi connectivity index (χ4n) is 3.56. The Balaban J connectivity index is 1.74. The van der Waals surface area contributed by atoms with Gasteiger partial charge in [-0.05, 0) is 70.8 Å². The minimum Gasteiger partial charge on any atom is -0.478 e. The molecule has 0 fully saturated rings. The highest BCUT2D eigenvalue weighted by atomic mass is 16.4. The molecule has 162 valence electrons. The Kier molecular flexibility index (Phi) is 5.74. The van der Waals surface area contributed by atoms with Gasteiger partial charge in [0.05, 0.1) is 11.1 Å². The number of hydrogen-bond acceptors (Lipinski definition) is 4. The van der Waals surface area contributed by atoms with Gasteiger partial charge in [0, 0.05) is 16.8 Å². The van der Waals surface area contributed by atoms with Crippen molar-refractivity contribution in [3.8, 4) is 22.3 Å². The van der Waals surface area contributed by atoms with E-state index in [1.54, 1.807) is 72.8 Å². The zero-order valence-corrected chi connectivity index (χ0v) is 17.4. The number of benzene rings is 4. The molecule has 4 N–H and O–H groups in total. The molecule has 6 nitrogen and oxygen atoms in total. The number of rotatable bonds is 6. The highest BCUT2D eigenvalue weighted by molar-refractivity contribution is 6.09. The summed E-state index contributed by atoms with van der Waals surface area (Å²) in [6.45, 7) is 0. The molecule has 6 heteroatoms. The van der Waals surface area contributed by atoms with Gasteiger partial charge in [-0.3, -0.25) is 4.79 Å². The van der Waals surface area contributed by atoms with Crippen molar-refractivity contribution in [1.29, 1.82) is 0 Å². The highest BCUT2D eigenvalue weighted by Gasteiger charge is 2.14.